The summed E-state index contributed by atoms with van der Waals surface area (Å²) < 4.78 is 0. The van der Waals surface area contributed by atoms with Gasteiger partial charge in [0.05, 0.1) is 0 Å². The number of aryl methyl sites for hydroxylation is 2. The second-order valence-electron chi connectivity index (χ2n) is 6.21. The van der Waals surface area contributed by atoms with Crippen LogP contribution in [0.3, 0.4) is 0 Å². The number of nitrogens with zero attached hydrogens (tertiary/aromatic N) is 1. The molecule has 0 saturated carbocycles. The van der Waals surface area contributed by atoms with Gasteiger partial charge in [-0.25, -0.2) is 0 Å². The summed E-state index contributed by atoms with van der Waals surface area (Å²) in [7, 11) is 0. The first-order valence-electron chi connectivity index (χ1n) is 8.14. The Morgan fingerprint density at radius 1 is 0.957 bits per heavy atom. The third-order valence-corrected chi connectivity index (χ3v) is 5.44. The van der Waals surface area contributed by atoms with Gasteiger partial charge in [0.2, 0.25) is 0 Å². The number of rotatable bonds is 4. The fourth-order valence-corrected chi connectivity index (χ4v) is 3.81. The monoisotopic (exact) mass is 325 g/mol. The van der Waals surface area contributed by atoms with Gasteiger partial charge in [0.25, 0.3) is 0 Å². The van der Waals surface area contributed by atoms with E-state index in [0.717, 1.165) is 36.3 Å². The maximum atomic E-state index is 12.6. The first kappa shape index (κ1) is 16.3. The molecule has 0 radical (unpaired) electrons. The van der Waals surface area contributed by atoms with Crippen LogP contribution in [0.1, 0.15) is 32.6 Å². The molecule has 1 aliphatic heterocycles. The van der Waals surface area contributed by atoms with E-state index in [2.05, 4.69) is 24.0 Å². The Morgan fingerprint density at radius 2 is 1.61 bits per heavy atom. The molecular formula is C20H23NOS. The molecule has 0 unspecified atom stereocenters. The van der Waals surface area contributed by atoms with E-state index in [4.69, 9.17) is 0 Å². The lowest BCUT2D eigenvalue weighted by molar-refractivity contribution is 0.103. The van der Waals surface area contributed by atoms with Gasteiger partial charge >= 0.3 is 0 Å². The van der Waals surface area contributed by atoms with Gasteiger partial charge in [-0.1, -0.05) is 36.4 Å². The number of carbonyl (C=O) groups excluding carboxylic acids is 1. The van der Waals surface area contributed by atoms with Gasteiger partial charge in [0, 0.05) is 42.3 Å². The molecule has 0 aromatic heterocycles. The number of ketones is 1. The molecule has 2 aromatic rings. The minimum atomic E-state index is 0.106. The molecule has 0 spiro atoms. The average Bonchev–Trinajstić information content (AvgIpc) is 2.58. The minimum absolute atomic E-state index is 0.106. The Bertz CT molecular complexity index is 687. The summed E-state index contributed by atoms with van der Waals surface area (Å²) in [6.45, 7) is 7.42. The van der Waals surface area contributed by atoms with E-state index in [1.54, 1.807) is 0 Å². The average molecular weight is 325 g/mol. The third kappa shape index (κ3) is 4.04. The summed E-state index contributed by atoms with van der Waals surface area (Å²) >= 11 is 2.03. The van der Waals surface area contributed by atoms with Gasteiger partial charge in [0.15, 0.2) is 5.78 Å². The van der Waals surface area contributed by atoms with Crippen LogP contribution in [-0.4, -0.2) is 35.3 Å². The normalized spacial score (nSPS) is 15.6. The van der Waals surface area contributed by atoms with Gasteiger partial charge in [-0.3, -0.25) is 9.69 Å². The molecule has 23 heavy (non-hydrogen) atoms. The SMILES string of the molecule is Cc1ccc(C(=O)c2ccc(CN3CCSCC3)cc2)cc1C. The van der Waals surface area contributed by atoms with E-state index in [9.17, 15) is 4.79 Å². The van der Waals surface area contributed by atoms with Crippen molar-refractivity contribution in [1.82, 2.24) is 4.90 Å². The molecule has 1 fully saturated rings. The molecule has 0 bridgehead atoms. The van der Waals surface area contributed by atoms with Crippen LogP contribution in [-0.2, 0) is 6.54 Å². The molecule has 2 nitrogen and oxygen atoms in total. The van der Waals surface area contributed by atoms with Crippen LogP contribution in [0, 0.1) is 13.8 Å². The number of thioether (sulfide) groups is 1. The molecule has 1 aliphatic rings. The van der Waals surface area contributed by atoms with Gasteiger partial charge in [-0.15, -0.1) is 0 Å². The number of carbonyl (C=O) groups is 1. The van der Waals surface area contributed by atoms with Crippen molar-refractivity contribution >= 4 is 17.5 Å². The molecule has 0 atom stereocenters. The minimum Gasteiger partial charge on any atom is -0.297 e. The lowest BCUT2D eigenvalue weighted by Crippen LogP contribution is -2.31. The molecule has 0 aliphatic carbocycles. The molecule has 1 saturated heterocycles. The second-order valence-corrected chi connectivity index (χ2v) is 7.44. The van der Waals surface area contributed by atoms with Crippen molar-refractivity contribution in [1.29, 1.82) is 0 Å². The largest absolute Gasteiger partial charge is 0.297 e. The van der Waals surface area contributed by atoms with E-state index in [1.165, 1.54) is 22.6 Å². The van der Waals surface area contributed by atoms with Crippen molar-refractivity contribution in [2.75, 3.05) is 24.6 Å². The predicted octanol–water partition coefficient (Wildman–Crippen LogP) is 4.08. The molecule has 2 aromatic carbocycles. The molecule has 3 heteroatoms. The summed E-state index contributed by atoms with van der Waals surface area (Å²) in [6, 6.07) is 14.0. The van der Waals surface area contributed by atoms with Crippen molar-refractivity contribution in [3.8, 4) is 0 Å². The van der Waals surface area contributed by atoms with Crippen LogP contribution in [0.25, 0.3) is 0 Å². The van der Waals surface area contributed by atoms with Crippen LogP contribution in [0.15, 0.2) is 42.5 Å². The molecule has 3 rings (SSSR count). The van der Waals surface area contributed by atoms with Crippen molar-refractivity contribution in [2.45, 2.75) is 20.4 Å². The lowest BCUT2D eigenvalue weighted by Gasteiger charge is -2.26. The Morgan fingerprint density at radius 3 is 2.26 bits per heavy atom. The Hall–Kier alpha value is -1.58. The Balaban J connectivity index is 1.70. The summed E-state index contributed by atoms with van der Waals surface area (Å²) in [4.78, 5) is 15.1. The zero-order valence-electron chi connectivity index (χ0n) is 13.8. The number of hydrogen-bond donors (Lipinski definition) is 0. The van der Waals surface area contributed by atoms with Crippen LogP contribution in [0.4, 0.5) is 0 Å². The van der Waals surface area contributed by atoms with E-state index >= 15 is 0 Å². The van der Waals surface area contributed by atoms with E-state index in [1.807, 2.05) is 49.0 Å². The standard InChI is InChI=1S/C20H23NOS/c1-15-3-6-19(13-16(15)2)20(22)18-7-4-17(5-8-18)14-21-9-11-23-12-10-21/h3-8,13H,9-12,14H2,1-2H3. The van der Waals surface area contributed by atoms with Crippen molar-refractivity contribution in [2.24, 2.45) is 0 Å². The zero-order valence-corrected chi connectivity index (χ0v) is 14.7. The number of hydrogen-bond acceptors (Lipinski definition) is 3. The second kappa shape index (κ2) is 7.33. The van der Waals surface area contributed by atoms with Crippen LogP contribution < -0.4 is 0 Å². The van der Waals surface area contributed by atoms with Crippen molar-refractivity contribution < 1.29 is 4.79 Å². The van der Waals surface area contributed by atoms with Crippen LogP contribution in [0.5, 0.6) is 0 Å². The first-order valence-corrected chi connectivity index (χ1v) is 9.30. The Kier molecular flexibility index (Phi) is 5.19. The fourth-order valence-electron chi connectivity index (χ4n) is 2.83. The van der Waals surface area contributed by atoms with Crippen molar-refractivity contribution in [3.05, 3.63) is 70.3 Å². The van der Waals surface area contributed by atoms with Crippen LogP contribution >= 0.6 is 11.8 Å². The lowest BCUT2D eigenvalue weighted by atomic mass is 9.98. The van der Waals surface area contributed by atoms with E-state index < -0.39 is 0 Å². The highest BCUT2D eigenvalue weighted by Gasteiger charge is 2.12. The molecular weight excluding hydrogens is 302 g/mol. The zero-order chi connectivity index (χ0) is 16.2. The van der Waals surface area contributed by atoms with Gasteiger partial charge in [-0.05, 0) is 36.6 Å². The Labute approximate surface area is 142 Å². The van der Waals surface area contributed by atoms with E-state index in [-0.39, 0.29) is 5.78 Å². The first-order chi connectivity index (χ1) is 11.1. The highest BCUT2D eigenvalue weighted by Crippen LogP contribution is 2.17. The molecule has 1 heterocycles. The maximum absolute atomic E-state index is 12.6. The topological polar surface area (TPSA) is 20.3 Å². The summed E-state index contributed by atoms with van der Waals surface area (Å²) in [6.07, 6.45) is 0. The van der Waals surface area contributed by atoms with Gasteiger partial charge in [-0.2, -0.15) is 11.8 Å². The third-order valence-electron chi connectivity index (χ3n) is 4.50. The smallest absolute Gasteiger partial charge is 0.193 e. The molecule has 0 amide bonds. The van der Waals surface area contributed by atoms with Crippen LogP contribution in [0.2, 0.25) is 0 Å². The highest BCUT2D eigenvalue weighted by atomic mass is 32.2. The summed E-state index contributed by atoms with van der Waals surface area (Å²) in [5.74, 6) is 2.56. The maximum Gasteiger partial charge on any atom is 0.193 e. The van der Waals surface area contributed by atoms with E-state index in [0.29, 0.717) is 0 Å². The summed E-state index contributed by atoms with van der Waals surface area (Å²) in [5.41, 5.74) is 5.21. The fraction of sp³-hybridized carbons (Fsp3) is 0.350. The van der Waals surface area contributed by atoms with Gasteiger partial charge < -0.3 is 0 Å². The summed E-state index contributed by atoms with van der Waals surface area (Å²) in [5, 5.41) is 0. The number of benzene rings is 2. The molecule has 120 valence electrons. The van der Waals surface area contributed by atoms with Crippen molar-refractivity contribution in [3.63, 3.8) is 0 Å². The molecule has 0 N–H and O–H groups in total. The highest BCUT2D eigenvalue weighted by molar-refractivity contribution is 7.99. The van der Waals surface area contributed by atoms with Gasteiger partial charge in [0.1, 0.15) is 0 Å². The predicted molar refractivity (Wildman–Crippen MR) is 98.4 cm³/mol. The quantitative estimate of drug-likeness (QED) is 0.790.